The second-order valence-electron chi connectivity index (χ2n) is 7.78. The lowest BCUT2D eigenvalue weighted by Gasteiger charge is -2.22. The number of hydrogen-bond acceptors (Lipinski definition) is 1. The fourth-order valence-corrected chi connectivity index (χ4v) is 4.68. The molecule has 0 heterocycles. The molecular formula is C27H23NO. The Morgan fingerprint density at radius 2 is 1.52 bits per heavy atom. The van der Waals surface area contributed by atoms with E-state index in [-0.39, 0.29) is 17.9 Å². The molecule has 0 spiro atoms. The van der Waals surface area contributed by atoms with E-state index < -0.39 is 0 Å². The Balaban J connectivity index is 1.41. The largest absolute Gasteiger partial charge is 0.352 e. The molecule has 1 N–H and O–H groups in total. The van der Waals surface area contributed by atoms with Gasteiger partial charge in [-0.3, -0.25) is 4.79 Å². The second-order valence-corrected chi connectivity index (χ2v) is 7.78. The van der Waals surface area contributed by atoms with Crippen molar-refractivity contribution in [2.24, 2.45) is 0 Å². The molecule has 0 saturated carbocycles. The molecule has 29 heavy (non-hydrogen) atoms. The van der Waals surface area contributed by atoms with E-state index in [2.05, 4.69) is 78.1 Å². The van der Waals surface area contributed by atoms with Crippen LogP contribution in [0, 0.1) is 0 Å². The minimum absolute atomic E-state index is 0.0808. The highest BCUT2D eigenvalue weighted by Crippen LogP contribution is 2.38. The van der Waals surface area contributed by atoms with Crippen LogP contribution in [0.1, 0.15) is 28.2 Å². The number of nitrogens with one attached hydrogen (secondary N) is 1. The van der Waals surface area contributed by atoms with Crippen molar-refractivity contribution in [3.05, 3.63) is 119 Å². The number of benzene rings is 4. The summed E-state index contributed by atoms with van der Waals surface area (Å²) in [7, 11) is 0. The summed E-state index contributed by atoms with van der Waals surface area (Å²) in [6, 6.07) is 33.6. The van der Waals surface area contributed by atoms with Gasteiger partial charge in [0.1, 0.15) is 0 Å². The van der Waals surface area contributed by atoms with Crippen molar-refractivity contribution in [1.29, 1.82) is 0 Å². The second kappa shape index (κ2) is 7.56. The lowest BCUT2D eigenvalue weighted by molar-refractivity contribution is -0.121. The van der Waals surface area contributed by atoms with Crippen LogP contribution in [-0.2, 0) is 17.6 Å². The third-order valence-electron chi connectivity index (χ3n) is 5.97. The van der Waals surface area contributed by atoms with Crippen molar-refractivity contribution in [2.45, 2.75) is 24.8 Å². The summed E-state index contributed by atoms with van der Waals surface area (Å²) in [5, 5.41) is 5.68. The normalized spacial score (nSPS) is 17.8. The number of rotatable bonds is 4. The minimum atomic E-state index is 0.0808. The molecule has 5 rings (SSSR count). The minimum Gasteiger partial charge on any atom is -0.352 e. The van der Waals surface area contributed by atoms with E-state index in [9.17, 15) is 4.79 Å². The first-order valence-corrected chi connectivity index (χ1v) is 10.2. The van der Waals surface area contributed by atoms with Crippen molar-refractivity contribution in [1.82, 2.24) is 5.32 Å². The van der Waals surface area contributed by atoms with Gasteiger partial charge in [-0.25, -0.2) is 0 Å². The zero-order chi connectivity index (χ0) is 19.6. The molecule has 2 heteroatoms. The third-order valence-corrected chi connectivity index (χ3v) is 5.97. The van der Waals surface area contributed by atoms with Crippen LogP contribution in [0.4, 0.5) is 0 Å². The van der Waals surface area contributed by atoms with E-state index in [0.29, 0.717) is 6.42 Å². The zero-order valence-electron chi connectivity index (χ0n) is 16.2. The molecule has 142 valence electrons. The van der Waals surface area contributed by atoms with Gasteiger partial charge in [0, 0.05) is 12.0 Å². The molecule has 2 unspecified atom stereocenters. The average molecular weight is 377 g/mol. The average Bonchev–Trinajstić information content (AvgIpc) is 3.12. The van der Waals surface area contributed by atoms with E-state index in [1.807, 2.05) is 24.3 Å². The topological polar surface area (TPSA) is 29.1 Å². The summed E-state index contributed by atoms with van der Waals surface area (Å²) in [5.74, 6) is 0.281. The first-order valence-electron chi connectivity index (χ1n) is 10.2. The first kappa shape index (κ1) is 17.7. The Bertz CT molecular complexity index is 1160. The van der Waals surface area contributed by atoms with Gasteiger partial charge in [-0.15, -0.1) is 0 Å². The standard InChI is InChI=1S/C27H23NO/c29-26(18-22-14-8-13-19-9-4-6-15-23(19)22)28-25-17-21-12-5-7-16-24(21)27(25)20-10-2-1-3-11-20/h1-16,25,27H,17-18H2,(H,28,29). The van der Waals surface area contributed by atoms with E-state index >= 15 is 0 Å². The van der Waals surface area contributed by atoms with Gasteiger partial charge in [-0.05, 0) is 39.4 Å². The predicted molar refractivity (Wildman–Crippen MR) is 118 cm³/mol. The summed E-state index contributed by atoms with van der Waals surface area (Å²) in [4.78, 5) is 13.0. The van der Waals surface area contributed by atoms with Gasteiger partial charge in [0.2, 0.25) is 5.91 Å². The molecule has 0 saturated heterocycles. The number of hydrogen-bond donors (Lipinski definition) is 1. The van der Waals surface area contributed by atoms with Crippen LogP contribution in [0.15, 0.2) is 97.1 Å². The fourth-order valence-electron chi connectivity index (χ4n) is 4.68. The Kier molecular flexibility index (Phi) is 4.61. The molecule has 4 aromatic rings. The molecule has 0 radical (unpaired) electrons. The van der Waals surface area contributed by atoms with Crippen LogP contribution >= 0.6 is 0 Å². The van der Waals surface area contributed by atoms with Crippen LogP contribution < -0.4 is 5.32 Å². The smallest absolute Gasteiger partial charge is 0.224 e. The van der Waals surface area contributed by atoms with E-state index in [1.165, 1.54) is 22.1 Å². The zero-order valence-corrected chi connectivity index (χ0v) is 16.2. The molecule has 4 aromatic carbocycles. The Morgan fingerprint density at radius 3 is 2.41 bits per heavy atom. The highest BCUT2D eigenvalue weighted by atomic mass is 16.1. The summed E-state index contributed by atoms with van der Waals surface area (Å²) >= 11 is 0. The van der Waals surface area contributed by atoms with E-state index in [0.717, 1.165) is 17.4 Å². The fraction of sp³-hybridized carbons (Fsp3) is 0.148. The Hall–Kier alpha value is -3.39. The quantitative estimate of drug-likeness (QED) is 0.517. The van der Waals surface area contributed by atoms with Gasteiger partial charge >= 0.3 is 0 Å². The van der Waals surface area contributed by atoms with Crippen LogP contribution in [-0.4, -0.2) is 11.9 Å². The van der Waals surface area contributed by atoms with Gasteiger partial charge in [0.05, 0.1) is 6.42 Å². The molecule has 1 aliphatic carbocycles. The maximum absolute atomic E-state index is 13.0. The van der Waals surface area contributed by atoms with E-state index in [4.69, 9.17) is 0 Å². The van der Waals surface area contributed by atoms with Gasteiger partial charge < -0.3 is 5.32 Å². The maximum atomic E-state index is 13.0. The predicted octanol–water partition coefficient (Wildman–Crippen LogP) is 5.26. The number of amides is 1. The van der Waals surface area contributed by atoms with Crippen LogP contribution in [0.3, 0.4) is 0 Å². The number of fused-ring (bicyclic) bond motifs is 2. The maximum Gasteiger partial charge on any atom is 0.224 e. The summed E-state index contributed by atoms with van der Waals surface area (Å²) in [5.41, 5.74) is 4.99. The molecule has 2 atom stereocenters. The van der Waals surface area contributed by atoms with Crippen LogP contribution in [0.25, 0.3) is 10.8 Å². The monoisotopic (exact) mass is 377 g/mol. The first-order chi connectivity index (χ1) is 14.3. The van der Waals surface area contributed by atoms with Gasteiger partial charge in [0.15, 0.2) is 0 Å². The van der Waals surface area contributed by atoms with E-state index in [1.54, 1.807) is 0 Å². The highest BCUT2D eigenvalue weighted by molar-refractivity contribution is 5.90. The van der Waals surface area contributed by atoms with Crippen molar-refractivity contribution in [3.8, 4) is 0 Å². The number of carbonyl (C=O) groups excluding carboxylic acids is 1. The molecule has 0 bridgehead atoms. The Morgan fingerprint density at radius 1 is 0.793 bits per heavy atom. The Labute approximate surface area is 171 Å². The molecule has 1 amide bonds. The molecule has 0 aromatic heterocycles. The lowest BCUT2D eigenvalue weighted by atomic mass is 9.90. The highest BCUT2D eigenvalue weighted by Gasteiger charge is 2.34. The molecule has 1 aliphatic rings. The molecule has 2 nitrogen and oxygen atoms in total. The summed E-state index contributed by atoms with van der Waals surface area (Å²) in [6.45, 7) is 0. The van der Waals surface area contributed by atoms with Crippen molar-refractivity contribution < 1.29 is 4.79 Å². The SMILES string of the molecule is O=C(Cc1cccc2ccccc12)NC1Cc2ccccc2C1c1ccccc1. The summed E-state index contributed by atoms with van der Waals surface area (Å²) < 4.78 is 0. The third kappa shape index (κ3) is 3.42. The van der Waals surface area contributed by atoms with Gasteiger partial charge in [-0.1, -0.05) is 97.1 Å². The lowest BCUT2D eigenvalue weighted by Crippen LogP contribution is -2.39. The van der Waals surface area contributed by atoms with Gasteiger partial charge in [-0.2, -0.15) is 0 Å². The van der Waals surface area contributed by atoms with Crippen LogP contribution in [0.2, 0.25) is 0 Å². The van der Waals surface area contributed by atoms with Crippen molar-refractivity contribution in [3.63, 3.8) is 0 Å². The van der Waals surface area contributed by atoms with Crippen molar-refractivity contribution in [2.75, 3.05) is 0 Å². The van der Waals surface area contributed by atoms with Crippen molar-refractivity contribution >= 4 is 16.7 Å². The molecular weight excluding hydrogens is 354 g/mol. The molecule has 0 fully saturated rings. The van der Waals surface area contributed by atoms with Crippen LogP contribution in [0.5, 0.6) is 0 Å². The van der Waals surface area contributed by atoms with Gasteiger partial charge in [0.25, 0.3) is 0 Å². The summed E-state index contributed by atoms with van der Waals surface area (Å²) in [6.07, 6.45) is 1.27. The number of carbonyl (C=O) groups is 1. The molecule has 0 aliphatic heterocycles.